The van der Waals surface area contributed by atoms with Gasteiger partial charge in [0, 0.05) is 0 Å². The molecule has 4 nitrogen and oxygen atoms in total. The summed E-state index contributed by atoms with van der Waals surface area (Å²) < 4.78 is 29.0. The third-order valence-electron chi connectivity index (χ3n) is 3.36. The molecule has 0 amide bonds. The number of aryl methyl sites for hydroxylation is 1. The van der Waals surface area contributed by atoms with Crippen molar-refractivity contribution in [3.8, 4) is 0 Å². The molecule has 0 spiro atoms. The first-order valence-electron chi connectivity index (χ1n) is 6.64. The zero-order valence-electron chi connectivity index (χ0n) is 11.1. The average Bonchev–Trinajstić information content (AvgIpc) is 3.23. The monoisotopic (exact) mass is 417 g/mol. The van der Waals surface area contributed by atoms with Gasteiger partial charge in [0.05, 0.1) is 0 Å². The normalized spacial score (nSPS) is 21.2. The summed E-state index contributed by atoms with van der Waals surface area (Å²) in [5.41, 5.74) is 1.55. The zero-order valence-corrected chi connectivity index (χ0v) is 14.1. The van der Waals surface area contributed by atoms with E-state index < -0.39 is 30.6 Å². The van der Waals surface area contributed by atoms with Crippen molar-refractivity contribution < 1.29 is 8.60 Å². The molecular formula is C14H13FIN3OS. The summed E-state index contributed by atoms with van der Waals surface area (Å²) in [5, 5.41) is 3.14. The Bertz CT molecular complexity index is 751. The van der Waals surface area contributed by atoms with Crippen molar-refractivity contribution in [3.05, 3.63) is 39.6 Å². The van der Waals surface area contributed by atoms with Crippen molar-refractivity contribution in [1.29, 1.82) is 0 Å². The van der Waals surface area contributed by atoms with Crippen LogP contribution in [-0.4, -0.2) is 28.8 Å². The van der Waals surface area contributed by atoms with Crippen molar-refractivity contribution in [2.45, 2.75) is 11.3 Å². The minimum absolute atomic E-state index is 0.301. The van der Waals surface area contributed by atoms with Gasteiger partial charge in [-0.15, -0.1) is 0 Å². The Hall–Kier alpha value is -1.09. The molecule has 2 aliphatic heterocycles. The van der Waals surface area contributed by atoms with Gasteiger partial charge in [-0.05, 0) is 0 Å². The Labute approximate surface area is 131 Å². The Balaban J connectivity index is 1.77. The predicted octanol–water partition coefficient (Wildman–Crippen LogP) is 2.71. The van der Waals surface area contributed by atoms with Crippen LogP contribution in [0.4, 0.5) is 15.9 Å². The number of aromatic nitrogens is 2. The van der Waals surface area contributed by atoms with Crippen LogP contribution in [0.15, 0.2) is 29.2 Å². The van der Waals surface area contributed by atoms with Gasteiger partial charge in [0.25, 0.3) is 0 Å². The molecule has 3 heterocycles. The molecular weight excluding hydrogens is 404 g/mol. The van der Waals surface area contributed by atoms with E-state index in [9.17, 15) is 8.60 Å². The molecule has 7 heteroatoms. The summed E-state index contributed by atoms with van der Waals surface area (Å²) in [7, 11) is -1.05. The van der Waals surface area contributed by atoms with Crippen molar-refractivity contribution in [3.63, 3.8) is 0 Å². The van der Waals surface area contributed by atoms with E-state index in [2.05, 4.69) is 15.3 Å². The Morgan fingerprint density at radius 2 is 2.14 bits per heavy atom. The molecule has 1 atom stereocenters. The SMILES string of the molecule is O=S1CCc2nc(I3CC3)nc(Nc3cccc(F)c3)c21. The predicted molar refractivity (Wildman–Crippen MR) is 89.1 cm³/mol. The van der Waals surface area contributed by atoms with Crippen LogP contribution < -0.4 is 5.32 Å². The Morgan fingerprint density at radius 1 is 1.29 bits per heavy atom. The third kappa shape index (κ3) is 2.68. The fraction of sp³-hybridized carbons (Fsp3) is 0.286. The minimum atomic E-state index is -1.09. The quantitative estimate of drug-likeness (QED) is 0.474. The van der Waals surface area contributed by atoms with Crippen LogP contribution in [0.2, 0.25) is 0 Å². The summed E-state index contributed by atoms with van der Waals surface area (Å²) >= 11 is -1.09. The summed E-state index contributed by atoms with van der Waals surface area (Å²) in [5.74, 6) is 0.921. The number of halogens is 2. The van der Waals surface area contributed by atoms with E-state index >= 15 is 0 Å². The molecule has 1 aromatic heterocycles. The molecule has 1 unspecified atom stereocenters. The molecule has 0 saturated carbocycles. The van der Waals surface area contributed by atoms with Crippen molar-refractivity contribution >= 4 is 42.1 Å². The molecule has 4 rings (SSSR count). The van der Waals surface area contributed by atoms with Gasteiger partial charge in [-0.1, -0.05) is 0 Å². The number of benzene rings is 1. The average molecular weight is 417 g/mol. The zero-order chi connectivity index (χ0) is 14.4. The first kappa shape index (κ1) is 13.6. The summed E-state index contributed by atoms with van der Waals surface area (Å²) in [4.78, 5) is 9.96. The number of anilines is 2. The summed E-state index contributed by atoms with van der Waals surface area (Å²) in [6.07, 6.45) is 0.749. The first-order chi connectivity index (χ1) is 10.2. The second-order valence-corrected chi connectivity index (χ2v) is 12.1. The standard InChI is InChI=1S/C14H13FIN3OS/c15-9-2-1-3-10(8-9)17-13-12-11(4-7-21(12)20)18-14(19-13)16-5-6-16/h1-3,8H,4-7H2,(H,17,18,19). The van der Waals surface area contributed by atoms with Crippen LogP contribution >= 0.6 is 19.8 Å². The van der Waals surface area contributed by atoms with E-state index in [4.69, 9.17) is 0 Å². The van der Waals surface area contributed by atoms with Crippen LogP contribution in [0.5, 0.6) is 0 Å². The first-order valence-corrected chi connectivity index (χ1v) is 12.1. The number of fused-ring (bicyclic) bond motifs is 1. The topological polar surface area (TPSA) is 54.9 Å². The molecule has 1 N–H and O–H groups in total. The van der Waals surface area contributed by atoms with Gasteiger partial charge in [-0.2, -0.15) is 0 Å². The number of rotatable bonds is 3. The van der Waals surface area contributed by atoms with Crippen molar-refractivity contribution in [2.24, 2.45) is 0 Å². The van der Waals surface area contributed by atoms with Crippen LogP contribution in [0.25, 0.3) is 0 Å². The van der Waals surface area contributed by atoms with Gasteiger partial charge in [-0.25, -0.2) is 0 Å². The molecule has 1 aromatic carbocycles. The molecule has 2 aliphatic rings. The number of hydrogen-bond acceptors (Lipinski definition) is 4. The molecule has 0 aliphatic carbocycles. The van der Waals surface area contributed by atoms with Gasteiger partial charge < -0.3 is 0 Å². The van der Waals surface area contributed by atoms with E-state index in [1.807, 2.05) is 0 Å². The van der Waals surface area contributed by atoms with Gasteiger partial charge in [-0.3, -0.25) is 0 Å². The summed E-state index contributed by atoms with van der Waals surface area (Å²) in [6, 6.07) is 6.25. The number of alkyl halides is 2. The van der Waals surface area contributed by atoms with E-state index in [1.54, 1.807) is 12.1 Å². The second-order valence-electron chi connectivity index (χ2n) is 4.89. The Kier molecular flexibility index (Phi) is 3.41. The van der Waals surface area contributed by atoms with E-state index in [0.717, 1.165) is 15.9 Å². The molecule has 110 valence electrons. The second kappa shape index (κ2) is 5.28. The molecule has 2 aromatic rings. The van der Waals surface area contributed by atoms with Crippen molar-refractivity contribution in [2.75, 3.05) is 19.9 Å². The Morgan fingerprint density at radius 3 is 2.90 bits per heavy atom. The van der Waals surface area contributed by atoms with Crippen LogP contribution in [0.1, 0.15) is 5.69 Å². The molecule has 21 heavy (non-hydrogen) atoms. The third-order valence-corrected chi connectivity index (χ3v) is 8.83. The number of nitrogens with one attached hydrogen (secondary N) is 1. The molecule has 0 radical (unpaired) electrons. The van der Waals surface area contributed by atoms with Gasteiger partial charge >= 0.3 is 132 Å². The van der Waals surface area contributed by atoms with Crippen LogP contribution in [0.3, 0.4) is 0 Å². The molecule has 1 saturated heterocycles. The number of hydrogen-bond donors (Lipinski definition) is 1. The van der Waals surface area contributed by atoms with Gasteiger partial charge in [0.1, 0.15) is 0 Å². The maximum atomic E-state index is 13.3. The van der Waals surface area contributed by atoms with Crippen molar-refractivity contribution in [1.82, 2.24) is 9.97 Å². The molecule has 0 bridgehead atoms. The van der Waals surface area contributed by atoms with Gasteiger partial charge in [0.15, 0.2) is 0 Å². The number of nitrogens with zero attached hydrogens (tertiary/aromatic N) is 2. The van der Waals surface area contributed by atoms with E-state index in [1.165, 1.54) is 21.0 Å². The van der Waals surface area contributed by atoms with Gasteiger partial charge in [0.2, 0.25) is 0 Å². The van der Waals surface area contributed by atoms with E-state index in [-0.39, 0.29) is 5.82 Å². The van der Waals surface area contributed by atoms with Crippen LogP contribution in [0, 0.1) is 9.65 Å². The van der Waals surface area contributed by atoms with Crippen LogP contribution in [-0.2, 0) is 17.2 Å². The maximum absolute atomic E-state index is 13.3. The molecule has 1 fully saturated rings. The van der Waals surface area contributed by atoms with E-state index in [0.29, 0.717) is 22.2 Å². The fourth-order valence-corrected chi connectivity index (χ4v) is 7.34. The summed E-state index contributed by atoms with van der Waals surface area (Å²) in [6.45, 7) is 0. The fourth-order valence-electron chi connectivity index (χ4n) is 2.28.